The maximum Gasteiger partial charge on any atom is 0.249 e. The molecule has 25 heavy (non-hydrogen) atoms. The largest absolute Gasteiger partial charge is 0.467 e. The van der Waals surface area contributed by atoms with Gasteiger partial charge < -0.3 is 15.1 Å². The third-order valence-corrected chi connectivity index (χ3v) is 4.17. The number of amides is 2. The average Bonchev–Trinajstić information content (AvgIpc) is 3.19. The first-order valence-corrected chi connectivity index (χ1v) is 8.16. The second-order valence-corrected chi connectivity index (χ2v) is 6.13. The molecule has 0 saturated carbocycles. The highest BCUT2D eigenvalue weighted by Gasteiger charge is 2.30. The van der Waals surface area contributed by atoms with Crippen LogP contribution in [0, 0.1) is 0 Å². The van der Waals surface area contributed by atoms with Crippen LogP contribution in [0.4, 0.5) is 5.69 Å². The number of nitrogens with zero attached hydrogens (tertiary/aromatic N) is 1. The van der Waals surface area contributed by atoms with Crippen LogP contribution in [-0.4, -0.2) is 23.8 Å². The summed E-state index contributed by atoms with van der Waals surface area (Å²) in [4.78, 5) is 28.2. The average molecular weight is 381 g/mol. The van der Waals surface area contributed by atoms with Gasteiger partial charge in [0.25, 0.3) is 0 Å². The fourth-order valence-corrected chi connectivity index (χ4v) is 2.53. The third kappa shape index (κ3) is 4.52. The summed E-state index contributed by atoms with van der Waals surface area (Å²) in [5.41, 5.74) is 0.504. The van der Waals surface area contributed by atoms with Crippen molar-refractivity contribution in [1.29, 1.82) is 0 Å². The van der Waals surface area contributed by atoms with Crippen LogP contribution < -0.4 is 16.0 Å². The van der Waals surface area contributed by atoms with Crippen molar-refractivity contribution in [3.8, 4) is 0 Å². The molecule has 1 fully saturated rings. The van der Waals surface area contributed by atoms with E-state index in [0.717, 1.165) is 0 Å². The van der Waals surface area contributed by atoms with Crippen molar-refractivity contribution in [3.05, 3.63) is 52.4 Å². The zero-order chi connectivity index (χ0) is 17.8. The number of guanidine groups is 1. The summed E-state index contributed by atoms with van der Waals surface area (Å²) < 4.78 is 5.16. The second-order valence-electron chi connectivity index (χ2n) is 5.31. The molecule has 1 atom stereocenters. The lowest BCUT2D eigenvalue weighted by molar-refractivity contribution is -0.124. The molecule has 1 aliphatic rings. The molecule has 1 aromatic carbocycles. The molecule has 9 heteroatoms. The number of aliphatic imine (C=N–C) groups is 1. The number of nitrogens with one attached hydrogen (secondary N) is 3. The van der Waals surface area contributed by atoms with Crippen LogP contribution >= 0.6 is 23.2 Å². The van der Waals surface area contributed by atoms with E-state index in [1.807, 2.05) is 0 Å². The normalized spacial score (nSPS) is 18.1. The molecular weight excluding hydrogens is 367 g/mol. The van der Waals surface area contributed by atoms with Gasteiger partial charge >= 0.3 is 0 Å². The Morgan fingerprint density at radius 1 is 1.28 bits per heavy atom. The van der Waals surface area contributed by atoms with Crippen molar-refractivity contribution in [1.82, 2.24) is 10.6 Å². The van der Waals surface area contributed by atoms with Crippen LogP contribution in [0.25, 0.3) is 0 Å². The summed E-state index contributed by atoms with van der Waals surface area (Å²) in [6.07, 6.45) is 1.50. The van der Waals surface area contributed by atoms with E-state index < -0.39 is 6.04 Å². The van der Waals surface area contributed by atoms with Crippen LogP contribution in [0.1, 0.15) is 12.2 Å². The number of hydrogen-bond donors (Lipinski definition) is 3. The predicted molar refractivity (Wildman–Crippen MR) is 94.6 cm³/mol. The quantitative estimate of drug-likeness (QED) is 0.742. The molecule has 1 unspecified atom stereocenters. The minimum atomic E-state index is -0.696. The van der Waals surface area contributed by atoms with E-state index in [1.54, 1.807) is 36.6 Å². The number of rotatable bonds is 5. The Kier molecular flexibility index (Phi) is 5.25. The first kappa shape index (κ1) is 17.3. The van der Waals surface area contributed by atoms with Gasteiger partial charge in [0.05, 0.1) is 22.7 Å². The van der Waals surface area contributed by atoms with Gasteiger partial charge in [-0.15, -0.1) is 0 Å². The molecule has 0 bridgehead atoms. The molecule has 1 aliphatic heterocycles. The Hall–Kier alpha value is -2.51. The molecule has 0 radical (unpaired) electrons. The van der Waals surface area contributed by atoms with Gasteiger partial charge in [-0.3, -0.25) is 14.9 Å². The molecule has 0 spiro atoms. The van der Waals surface area contributed by atoms with Crippen molar-refractivity contribution in [2.75, 3.05) is 5.32 Å². The third-order valence-electron chi connectivity index (χ3n) is 3.44. The van der Waals surface area contributed by atoms with Gasteiger partial charge in [-0.25, -0.2) is 4.99 Å². The van der Waals surface area contributed by atoms with E-state index >= 15 is 0 Å². The van der Waals surface area contributed by atoms with Gasteiger partial charge in [0.2, 0.25) is 11.8 Å². The predicted octanol–water partition coefficient (Wildman–Crippen LogP) is 2.56. The van der Waals surface area contributed by atoms with E-state index in [0.29, 0.717) is 27.5 Å². The molecule has 3 N–H and O–H groups in total. The second kappa shape index (κ2) is 7.58. The van der Waals surface area contributed by atoms with E-state index in [2.05, 4.69) is 20.9 Å². The zero-order valence-corrected chi connectivity index (χ0v) is 14.4. The van der Waals surface area contributed by atoms with Gasteiger partial charge in [0.15, 0.2) is 5.96 Å². The van der Waals surface area contributed by atoms with Gasteiger partial charge in [0, 0.05) is 5.69 Å². The molecule has 3 rings (SSSR count). The standard InChI is InChI=1S/C16H14Cl2N4O3/c17-11-4-3-9(6-12(11)18)20-14(23)7-13-15(24)22-16(21-13)19-8-10-2-1-5-25-10/h1-6,13H,7-8H2,(H,20,23)(H2,19,21,22,24). The molecule has 2 aromatic rings. The highest BCUT2D eigenvalue weighted by molar-refractivity contribution is 6.42. The van der Waals surface area contributed by atoms with Crippen LogP contribution in [-0.2, 0) is 16.1 Å². The highest BCUT2D eigenvalue weighted by Crippen LogP contribution is 2.25. The lowest BCUT2D eigenvalue weighted by Gasteiger charge is -2.09. The summed E-state index contributed by atoms with van der Waals surface area (Å²) in [7, 11) is 0. The SMILES string of the molecule is O=C(CC1NC(=NCc2ccco2)NC1=O)Nc1ccc(Cl)c(Cl)c1. The number of hydrogen-bond acceptors (Lipinski definition) is 4. The number of furan rings is 1. The number of benzene rings is 1. The molecule has 1 saturated heterocycles. The van der Waals surface area contributed by atoms with E-state index in [9.17, 15) is 9.59 Å². The number of carbonyl (C=O) groups is 2. The van der Waals surface area contributed by atoms with Crippen LogP contribution in [0.3, 0.4) is 0 Å². The fraction of sp³-hybridized carbons (Fsp3) is 0.188. The first-order valence-electron chi connectivity index (χ1n) is 7.40. The Morgan fingerprint density at radius 3 is 2.84 bits per heavy atom. The molecule has 0 aliphatic carbocycles. The summed E-state index contributed by atoms with van der Waals surface area (Å²) in [5, 5.41) is 8.88. The van der Waals surface area contributed by atoms with E-state index in [4.69, 9.17) is 27.6 Å². The lowest BCUT2D eigenvalue weighted by Crippen LogP contribution is -2.33. The number of carbonyl (C=O) groups excluding carboxylic acids is 2. The molecule has 2 heterocycles. The molecule has 2 amide bonds. The molecule has 1 aromatic heterocycles. The van der Waals surface area contributed by atoms with Gasteiger partial charge in [-0.2, -0.15) is 0 Å². The Labute approximate surface area is 153 Å². The van der Waals surface area contributed by atoms with Crippen molar-refractivity contribution in [2.45, 2.75) is 19.0 Å². The first-order chi connectivity index (χ1) is 12.0. The summed E-state index contributed by atoms with van der Waals surface area (Å²) in [6.45, 7) is 0.289. The van der Waals surface area contributed by atoms with Crippen LogP contribution in [0.15, 0.2) is 46.0 Å². The summed E-state index contributed by atoms with van der Waals surface area (Å²) >= 11 is 11.7. The lowest BCUT2D eigenvalue weighted by atomic mass is 10.2. The van der Waals surface area contributed by atoms with Crippen molar-refractivity contribution < 1.29 is 14.0 Å². The van der Waals surface area contributed by atoms with Crippen molar-refractivity contribution in [3.63, 3.8) is 0 Å². The maximum absolute atomic E-state index is 12.1. The van der Waals surface area contributed by atoms with E-state index in [1.165, 1.54) is 0 Å². The molecule has 130 valence electrons. The Bertz CT molecular complexity index is 821. The van der Waals surface area contributed by atoms with Crippen LogP contribution in [0.2, 0.25) is 10.0 Å². The van der Waals surface area contributed by atoms with Crippen molar-refractivity contribution in [2.24, 2.45) is 4.99 Å². The molecular formula is C16H14Cl2N4O3. The van der Waals surface area contributed by atoms with Gasteiger partial charge in [-0.05, 0) is 30.3 Å². The summed E-state index contributed by atoms with van der Waals surface area (Å²) in [5.74, 6) is 0.332. The maximum atomic E-state index is 12.1. The zero-order valence-electron chi connectivity index (χ0n) is 12.9. The summed E-state index contributed by atoms with van der Waals surface area (Å²) in [6, 6.07) is 7.59. The van der Waals surface area contributed by atoms with Crippen LogP contribution in [0.5, 0.6) is 0 Å². The smallest absolute Gasteiger partial charge is 0.249 e. The topological polar surface area (TPSA) is 95.7 Å². The Balaban J connectivity index is 1.55. The minimum absolute atomic E-state index is 0.0498. The Morgan fingerprint density at radius 2 is 2.12 bits per heavy atom. The fourth-order valence-electron chi connectivity index (χ4n) is 2.23. The van der Waals surface area contributed by atoms with Gasteiger partial charge in [0.1, 0.15) is 18.3 Å². The number of anilines is 1. The highest BCUT2D eigenvalue weighted by atomic mass is 35.5. The number of halogens is 2. The molecule has 7 nitrogen and oxygen atoms in total. The monoisotopic (exact) mass is 380 g/mol. The van der Waals surface area contributed by atoms with E-state index in [-0.39, 0.29) is 24.8 Å². The van der Waals surface area contributed by atoms with Crippen molar-refractivity contribution >= 4 is 46.7 Å². The van der Waals surface area contributed by atoms with Gasteiger partial charge in [-0.1, -0.05) is 23.2 Å². The minimum Gasteiger partial charge on any atom is -0.467 e.